The molecule has 0 bridgehead atoms. The molecule has 1 aliphatic rings. The number of thiophene rings is 1. The zero-order valence-corrected chi connectivity index (χ0v) is 13.7. The molecular weight excluding hydrogens is 282 g/mol. The molecule has 0 aliphatic heterocycles. The lowest BCUT2D eigenvalue weighted by molar-refractivity contribution is 0.380. The van der Waals surface area contributed by atoms with E-state index in [0.717, 1.165) is 29.0 Å². The van der Waals surface area contributed by atoms with Crippen molar-refractivity contribution in [1.29, 1.82) is 0 Å². The Balaban J connectivity index is 1.90. The fraction of sp³-hybridized carbons (Fsp3) is 0.600. The second-order valence-electron chi connectivity index (χ2n) is 6.20. The van der Waals surface area contributed by atoms with Gasteiger partial charge in [0.05, 0.1) is 5.39 Å². The minimum atomic E-state index is 0.442. The molecule has 2 aromatic heterocycles. The van der Waals surface area contributed by atoms with Gasteiger partial charge in [-0.25, -0.2) is 10.8 Å². The maximum absolute atomic E-state index is 5.49. The molecule has 0 aromatic carbocycles. The summed E-state index contributed by atoms with van der Waals surface area (Å²) in [4.78, 5) is 11.3. The molecule has 0 saturated heterocycles. The van der Waals surface area contributed by atoms with Crippen molar-refractivity contribution in [2.45, 2.75) is 40.0 Å². The Hall–Kier alpha value is -1.40. The first-order chi connectivity index (χ1) is 10.1. The fourth-order valence-corrected chi connectivity index (χ4v) is 3.69. The van der Waals surface area contributed by atoms with Crippen LogP contribution in [0.3, 0.4) is 0 Å². The van der Waals surface area contributed by atoms with Crippen LogP contribution in [0.15, 0.2) is 6.07 Å². The van der Waals surface area contributed by atoms with E-state index in [9.17, 15) is 0 Å². The Kier molecular flexibility index (Phi) is 3.75. The van der Waals surface area contributed by atoms with Crippen molar-refractivity contribution in [3.63, 3.8) is 0 Å². The van der Waals surface area contributed by atoms with Crippen LogP contribution >= 0.6 is 11.3 Å². The van der Waals surface area contributed by atoms with E-state index in [2.05, 4.69) is 47.5 Å². The van der Waals surface area contributed by atoms with Crippen LogP contribution < -0.4 is 16.6 Å². The van der Waals surface area contributed by atoms with Gasteiger partial charge in [-0.15, -0.1) is 11.3 Å². The third kappa shape index (κ3) is 2.70. The Morgan fingerprint density at radius 2 is 2.14 bits per heavy atom. The van der Waals surface area contributed by atoms with E-state index >= 15 is 0 Å². The molecule has 1 fully saturated rings. The van der Waals surface area contributed by atoms with E-state index in [4.69, 9.17) is 5.84 Å². The molecule has 2 aromatic rings. The van der Waals surface area contributed by atoms with Crippen molar-refractivity contribution in [2.24, 2.45) is 17.2 Å². The standard InChI is InChI=1S/C15H23N5S/c1-4-10-7-11-12(17-8-15(5-6-15)9(2)3)18-14(20-16)19-13(11)21-10/h7,9H,4-6,8,16H2,1-3H3,(H2,17,18,19,20). The van der Waals surface area contributed by atoms with Crippen LogP contribution in [-0.4, -0.2) is 16.5 Å². The lowest BCUT2D eigenvalue weighted by Crippen LogP contribution is -2.22. The van der Waals surface area contributed by atoms with Gasteiger partial charge in [0.15, 0.2) is 0 Å². The number of hydrazine groups is 1. The molecule has 0 atom stereocenters. The summed E-state index contributed by atoms with van der Waals surface area (Å²) in [6, 6.07) is 2.19. The average molecular weight is 305 g/mol. The number of nitrogens with two attached hydrogens (primary N) is 1. The smallest absolute Gasteiger partial charge is 0.240 e. The number of hydrogen-bond donors (Lipinski definition) is 3. The zero-order chi connectivity index (χ0) is 15.0. The number of rotatable bonds is 6. The average Bonchev–Trinajstić information content (AvgIpc) is 3.16. The molecule has 0 radical (unpaired) electrons. The van der Waals surface area contributed by atoms with Gasteiger partial charge in [0.1, 0.15) is 10.6 Å². The maximum atomic E-state index is 5.49. The van der Waals surface area contributed by atoms with E-state index in [1.54, 1.807) is 11.3 Å². The Bertz CT molecular complexity index is 645. The highest BCUT2D eigenvalue weighted by atomic mass is 32.1. The summed E-state index contributed by atoms with van der Waals surface area (Å²) in [7, 11) is 0. The van der Waals surface area contributed by atoms with E-state index in [0.29, 0.717) is 17.3 Å². The number of aromatic nitrogens is 2. The fourth-order valence-electron chi connectivity index (χ4n) is 2.72. The Labute approximate surface area is 129 Å². The van der Waals surface area contributed by atoms with Gasteiger partial charge >= 0.3 is 0 Å². The number of aryl methyl sites for hydroxylation is 1. The predicted molar refractivity (Wildman–Crippen MR) is 89.6 cm³/mol. The lowest BCUT2D eigenvalue weighted by atomic mass is 9.92. The van der Waals surface area contributed by atoms with Crippen molar-refractivity contribution in [3.05, 3.63) is 10.9 Å². The minimum Gasteiger partial charge on any atom is -0.369 e. The molecule has 1 aliphatic carbocycles. The monoisotopic (exact) mass is 305 g/mol. The molecular formula is C15H23N5S. The summed E-state index contributed by atoms with van der Waals surface area (Å²) in [5, 5.41) is 4.65. The topological polar surface area (TPSA) is 75.9 Å². The van der Waals surface area contributed by atoms with Gasteiger partial charge in [-0.05, 0) is 36.7 Å². The minimum absolute atomic E-state index is 0.442. The van der Waals surface area contributed by atoms with Gasteiger partial charge in [-0.3, -0.25) is 5.43 Å². The van der Waals surface area contributed by atoms with E-state index in [-0.39, 0.29) is 0 Å². The molecule has 21 heavy (non-hydrogen) atoms. The predicted octanol–water partition coefficient (Wildman–Crippen LogP) is 3.39. The third-order valence-electron chi connectivity index (χ3n) is 4.65. The summed E-state index contributed by atoms with van der Waals surface area (Å²) in [6.07, 6.45) is 3.62. The van der Waals surface area contributed by atoms with Crippen LogP contribution in [0.1, 0.15) is 38.5 Å². The molecule has 2 heterocycles. The number of hydrogen-bond acceptors (Lipinski definition) is 6. The second kappa shape index (κ2) is 5.42. The first-order valence-corrected chi connectivity index (χ1v) is 8.40. The highest BCUT2D eigenvalue weighted by Gasteiger charge is 2.45. The summed E-state index contributed by atoms with van der Waals surface area (Å²) in [5.74, 6) is 7.57. The third-order valence-corrected chi connectivity index (χ3v) is 5.82. The van der Waals surface area contributed by atoms with Crippen LogP contribution in [0, 0.1) is 11.3 Å². The van der Waals surface area contributed by atoms with E-state index in [1.165, 1.54) is 17.7 Å². The summed E-state index contributed by atoms with van der Waals surface area (Å²) in [5.41, 5.74) is 3.01. The van der Waals surface area contributed by atoms with Crippen LogP contribution in [0.4, 0.5) is 11.8 Å². The molecule has 0 amide bonds. The summed E-state index contributed by atoms with van der Waals surface area (Å²) < 4.78 is 0. The van der Waals surface area contributed by atoms with Crippen molar-refractivity contribution in [3.8, 4) is 0 Å². The van der Waals surface area contributed by atoms with Crippen LogP contribution in [-0.2, 0) is 6.42 Å². The molecule has 114 valence electrons. The Morgan fingerprint density at radius 1 is 1.38 bits per heavy atom. The maximum Gasteiger partial charge on any atom is 0.240 e. The number of nitrogens with zero attached hydrogens (tertiary/aromatic N) is 2. The SMILES string of the molecule is CCc1cc2c(NCC3(C(C)C)CC3)nc(NN)nc2s1. The molecule has 0 spiro atoms. The highest BCUT2D eigenvalue weighted by Crippen LogP contribution is 2.51. The van der Waals surface area contributed by atoms with E-state index in [1.807, 2.05) is 0 Å². The quantitative estimate of drug-likeness (QED) is 0.563. The molecule has 6 heteroatoms. The molecule has 0 unspecified atom stereocenters. The van der Waals surface area contributed by atoms with Crippen molar-refractivity contribution in [1.82, 2.24) is 9.97 Å². The van der Waals surface area contributed by atoms with Gasteiger partial charge in [-0.1, -0.05) is 20.8 Å². The van der Waals surface area contributed by atoms with Gasteiger partial charge in [-0.2, -0.15) is 4.98 Å². The molecule has 5 nitrogen and oxygen atoms in total. The second-order valence-corrected chi connectivity index (χ2v) is 7.31. The van der Waals surface area contributed by atoms with Crippen LogP contribution in [0.5, 0.6) is 0 Å². The van der Waals surface area contributed by atoms with Gasteiger partial charge in [0.2, 0.25) is 5.95 Å². The number of fused-ring (bicyclic) bond motifs is 1. The largest absolute Gasteiger partial charge is 0.369 e. The lowest BCUT2D eigenvalue weighted by Gasteiger charge is -2.20. The highest BCUT2D eigenvalue weighted by molar-refractivity contribution is 7.18. The molecule has 1 saturated carbocycles. The first kappa shape index (κ1) is 14.5. The Morgan fingerprint density at radius 3 is 2.71 bits per heavy atom. The van der Waals surface area contributed by atoms with Crippen molar-refractivity contribution < 1.29 is 0 Å². The summed E-state index contributed by atoms with van der Waals surface area (Å²) in [6.45, 7) is 7.73. The van der Waals surface area contributed by atoms with Gasteiger partial charge in [0.25, 0.3) is 0 Å². The molecule has 3 rings (SSSR count). The number of anilines is 2. The summed E-state index contributed by atoms with van der Waals surface area (Å²) >= 11 is 1.71. The zero-order valence-electron chi connectivity index (χ0n) is 12.9. The van der Waals surface area contributed by atoms with Crippen molar-refractivity contribution >= 4 is 33.3 Å². The normalized spacial score (nSPS) is 16.4. The number of nitrogen functional groups attached to an aromatic ring is 1. The van der Waals surface area contributed by atoms with Crippen LogP contribution in [0.25, 0.3) is 10.2 Å². The van der Waals surface area contributed by atoms with Gasteiger partial charge in [0, 0.05) is 11.4 Å². The van der Waals surface area contributed by atoms with Gasteiger partial charge < -0.3 is 5.32 Å². The molecule has 4 N–H and O–H groups in total. The van der Waals surface area contributed by atoms with E-state index < -0.39 is 0 Å². The van der Waals surface area contributed by atoms with Crippen molar-refractivity contribution in [2.75, 3.05) is 17.3 Å². The number of nitrogens with one attached hydrogen (secondary N) is 2. The first-order valence-electron chi connectivity index (χ1n) is 7.59. The van der Waals surface area contributed by atoms with Crippen LogP contribution in [0.2, 0.25) is 0 Å².